The summed E-state index contributed by atoms with van der Waals surface area (Å²) in [6.07, 6.45) is 6.95. The summed E-state index contributed by atoms with van der Waals surface area (Å²) in [5.74, 6) is 0.274. The lowest BCUT2D eigenvalue weighted by molar-refractivity contribution is 0.0889. The molecular formula is C14H17N3O2S. The van der Waals surface area contributed by atoms with Gasteiger partial charge in [-0.2, -0.15) is 4.98 Å². The van der Waals surface area contributed by atoms with Gasteiger partial charge in [-0.15, -0.1) is 11.3 Å². The van der Waals surface area contributed by atoms with Gasteiger partial charge in [0.25, 0.3) is 0 Å². The van der Waals surface area contributed by atoms with Gasteiger partial charge in [0.15, 0.2) is 0 Å². The summed E-state index contributed by atoms with van der Waals surface area (Å²) < 4.78 is 5.06. The Labute approximate surface area is 121 Å². The standard InChI is InChI=1S/C14H17N3O2S/c18-13(15-10-6-3-1-2-4-7-10)14-16-12(17-19-14)11-8-5-9-20-11/h5,8-10H,1-4,6-7H2,(H,15,18). The van der Waals surface area contributed by atoms with Crippen LogP contribution in [0.4, 0.5) is 0 Å². The number of hydrogen-bond donors (Lipinski definition) is 1. The van der Waals surface area contributed by atoms with E-state index in [2.05, 4.69) is 15.5 Å². The van der Waals surface area contributed by atoms with Gasteiger partial charge >= 0.3 is 11.8 Å². The predicted octanol–water partition coefficient (Wildman–Crippen LogP) is 3.25. The number of aromatic nitrogens is 2. The van der Waals surface area contributed by atoms with Crippen LogP contribution < -0.4 is 5.32 Å². The van der Waals surface area contributed by atoms with Gasteiger partial charge in [0.1, 0.15) is 0 Å². The van der Waals surface area contributed by atoms with Crippen molar-refractivity contribution in [2.24, 2.45) is 0 Å². The Kier molecular flexibility index (Phi) is 4.11. The van der Waals surface area contributed by atoms with Crippen LogP contribution in [0.25, 0.3) is 10.7 Å². The average Bonchev–Trinajstić information content (AvgIpc) is 3.07. The van der Waals surface area contributed by atoms with Crippen molar-refractivity contribution in [3.63, 3.8) is 0 Å². The van der Waals surface area contributed by atoms with Crippen LogP contribution in [0, 0.1) is 0 Å². The number of rotatable bonds is 3. The van der Waals surface area contributed by atoms with Crippen molar-refractivity contribution in [3.05, 3.63) is 23.4 Å². The lowest BCUT2D eigenvalue weighted by Crippen LogP contribution is -2.34. The van der Waals surface area contributed by atoms with E-state index in [0.29, 0.717) is 5.82 Å². The van der Waals surface area contributed by atoms with Crippen LogP contribution in [0.15, 0.2) is 22.0 Å². The second-order valence-electron chi connectivity index (χ2n) is 5.06. The number of amides is 1. The minimum Gasteiger partial charge on any atom is -0.345 e. The summed E-state index contributed by atoms with van der Waals surface area (Å²) >= 11 is 1.52. The third kappa shape index (κ3) is 3.07. The molecule has 0 unspecified atom stereocenters. The SMILES string of the molecule is O=C(NC1CCCCCC1)c1nc(-c2cccs2)no1. The number of hydrogen-bond acceptors (Lipinski definition) is 5. The largest absolute Gasteiger partial charge is 0.345 e. The molecule has 1 N–H and O–H groups in total. The van der Waals surface area contributed by atoms with Crippen LogP contribution in [-0.2, 0) is 0 Å². The van der Waals surface area contributed by atoms with Crippen LogP contribution in [-0.4, -0.2) is 22.1 Å². The van der Waals surface area contributed by atoms with E-state index in [0.717, 1.165) is 17.7 Å². The summed E-state index contributed by atoms with van der Waals surface area (Å²) in [7, 11) is 0. The highest BCUT2D eigenvalue weighted by atomic mass is 32.1. The average molecular weight is 291 g/mol. The molecular weight excluding hydrogens is 274 g/mol. The van der Waals surface area contributed by atoms with Gasteiger partial charge in [0.2, 0.25) is 5.82 Å². The molecule has 6 heteroatoms. The smallest absolute Gasteiger partial charge is 0.316 e. The Morgan fingerprint density at radius 1 is 1.30 bits per heavy atom. The molecule has 0 radical (unpaired) electrons. The molecule has 1 aliphatic rings. The lowest BCUT2D eigenvalue weighted by atomic mass is 10.1. The quantitative estimate of drug-likeness (QED) is 0.881. The van der Waals surface area contributed by atoms with Gasteiger partial charge in [0, 0.05) is 6.04 Å². The normalized spacial score (nSPS) is 16.8. The van der Waals surface area contributed by atoms with Crippen LogP contribution in [0.5, 0.6) is 0 Å². The number of thiophene rings is 1. The van der Waals surface area contributed by atoms with E-state index in [4.69, 9.17) is 4.52 Å². The molecule has 0 aliphatic heterocycles. The highest BCUT2D eigenvalue weighted by Gasteiger charge is 2.20. The molecule has 106 valence electrons. The summed E-state index contributed by atoms with van der Waals surface area (Å²) in [4.78, 5) is 17.2. The van der Waals surface area contributed by atoms with Crippen LogP contribution in [0.2, 0.25) is 0 Å². The molecule has 5 nitrogen and oxygen atoms in total. The van der Waals surface area contributed by atoms with Crippen molar-refractivity contribution in [1.82, 2.24) is 15.5 Å². The van der Waals surface area contributed by atoms with Crippen molar-refractivity contribution >= 4 is 17.2 Å². The summed E-state index contributed by atoms with van der Waals surface area (Å²) in [5.41, 5.74) is 0. The van der Waals surface area contributed by atoms with Crippen molar-refractivity contribution < 1.29 is 9.32 Å². The second kappa shape index (κ2) is 6.17. The molecule has 1 aliphatic carbocycles. The molecule has 0 spiro atoms. The molecule has 1 amide bonds. The maximum atomic E-state index is 12.1. The summed E-state index contributed by atoms with van der Waals surface area (Å²) in [6.45, 7) is 0. The fourth-order valence-corrected chi connectivity index (χ4v) is 3.14. The summed E-state index contributed by atoms with van der Waals surface area (Å²) in [6, 6.07) is 4.06. The predicted molar refractivity (Wildman–Crippen MR) is 76.6 cm³/mol. The molecule has 1 fully saturated rings. The van der Waals surface area contributed by atoms with E-state index in [-0.39, 0.29) is 17.8 Å². The molecule has 0 atom stereocenters. The van der Waals surface area contributed by atoms with Crippen LogP contribution in [0.3, 0.4) is 0 Å². The molecule has 2 heterocycles. The maximum absolute atomic E-state index is 12.1. The zero-order chi connectivity index (χ0) is 13.8. The fourth-order valence-electron chi connectivity index (χ4n) is 2.49. The molecule has 2 aromatic rings. The van der Waals surface area contributed by atoms with E-state index in [1.807, 2.05) is 17.5 Å². The van der Waals surface area contributed by atoms with Crippen molar-refractivity contribution in [2.75, 3.05) is 0 Å². The van der Waals surface area contributed by atoms with Crippen LogP contribution >= 0.6 is 11.3 Å². The Morgan fingerprint density at radius 3 is 2.80 bits per heavy atom. The Balaban J connectivity index is 1.65. The first-order valence-electron chi connectivity index (χ1n) is 7.01. The van der Waals surface area contributed by atoms with E-state index in [1.54, 1.807) is 0 Å². The molecule has 0 saturated heterocycles. The minimum atomic E-state index is -0.257. The highest BCUT2D eigenvalue weighted by molar-refractivity contribution is 7.13. The molecule has 20 heavy (non-hydrogen) atoms. The number of nitrogens with zero attached hydrogens (tertiary/aromatic N) is 2. The monoisotopic (exact) mass is 291 g/mol. The van der Waals surface area contributed by atoms with Gasteiger partial charge in [-0.25, -0.2) is 0 Å². The molecule has 0 aromatic carbocycles. The van der Waals surface area contributed by atoms with E-state index < -0.39 is 0 Å². The van der Waals surface area contributed by atoms with Crippen molar-refractivity contribution in [2.45, 2.75) is 44.6 Å². The van der Waals surface area contributed by atoms with Gasteiger partial charge < -0.3 is 9.84 Å². The number of carbonyl (C=O) groups is 1. The van der Waals surface area contributed by atoms with Crippen molar-refractivity contribution in [1.29, 1.82) is 0 Å². The van der Waals surface area contributed by atoms with E-state index in [9.17, 15) is 4.79 Å². The van der Waals surface area contributed by atoms with Crippen LogP contribution in [0.1, 0.15) is 49.2 Å². The first kappa shape index (κ1) is 13.3. The minimum absolute atomic E-state index is 0.0534. The number of nitrogens with one attached hydrogen (secondary N) is 1. The zero-order valence-electron chi connectivity index (χ0n) is 11.2. The zero-order valence-corrected chi connectivity index (χ0v) is 12.0. The molecule has 3 rings (SSSR count). The Morgan fingerprint density at radius 2 is 2.10 bits per heavy atom. The lowest BCUT2D eigenvalue weighted by Gasteiger charge is -2.14. The third-order valence-electron chi connectivity index (χ3n) is 3.55. The molecule has 2 aromatic heterocycles. The van der Waals surface area contributed by atoms with Crippen molar-refractivity contribution in [3.8, 4) is 10.7 Å². The highest BCUT2D eigenvalue weighted by Crippen LogP contribution is 2.21. The first-order valence-corrected chi connectivity index (χ1v) is 7.89. The topological polar surface area (TPSA) is 68.0 Å². The van der Waals surface area contributed by atoms with Gasteiger partial charge in [-0.1, -0.05) is 36.9 Å². The van der Waals surface area contributed by atoms with Gasteiger partial charge in [-0.3, -0.25) is 4.79 Å². The molecule has 1 saturated carbocycles. The van der Waals surface area contributed by atoms with E-state index in [1.165, 1.54) is 37.0 Å². The third-order valence-corrected chi connectivity index (χ3v) is 4.42. The second-order valence-corrected chi connectivity index (χ2v) is 6.01. The Hall–Kier alpha value is -1.69. The fraction of sp³-hybridized carbons (Fsp3) is 0.500. The van der Waals surface area contributed by atoms with E-state index >= 15 is 0 Å². The Bertz CT molecular complexity index is 557. The van der Waals surface area contributed by atoms with Gasteiger partial charge in [-0.05, 0) is 24.3 Å². The number of carbonyl (C=O) groups excluding carboxylic acids is 1. The first-order chi connectivity index (χ1) is 9.83. The summed E-state index contributed by atoms with van der Waals surface area (Å²) in [5, 5.41) is 8.80. The molecule has 0 bridgehead atoms. The maximum Gasteiger partial charge on any atom is 0.316 e. The van der Waals surface area contributed by atoms with Gasteiger partial charge in [0.05, 0.1) is 4.88 Å².